The third-order valence-electron chi connectivity index (χ3n) is 3.61. The first-order valence-corrected chi connectivity index (χ1v) is 8.27. The largest absolute Gasteiger partial charge is 0.445 e. The molecule has 1 N–H and O–H groups in total. The Hall–Kier alpha value is -2.00. The summed E-state index contributed by atoms with van der Waals surface area (Å²) >= 11 is 0. The zero-order valence-electron chi connectivity index (χ0n) is 11.7. The molecule has 1 aromatic rings. The second kappa shape index (κ2) is 6.41. The average Bonchev–Trinajstić information content (AvgIpc) is 2.48. The highest BCUT2D eigenvalue weighted by Crippen LogP contribution is 2.30. The van der Waals surface area contributed by atoms with Crippen LogP contribution < -0.4 is 4.72 Å². The van der Waals surface area contributed by atoms with Crippen molar-refractivity contribution in [2.24, 2.45) is 0 Å². The number of carbonyl (C=O) groups is 1. The van der Waals surface area contributed by atoms with E-state index >= 15 is 0 Å². The fourth-order valence-corrected chi connectivity index (χ4v) is 3.86. The molecular formula is C13H16N2O6S. The molecule has 0 unspecified atom stereocenters. The van der Waals surface area contributed by atoms with Crippen molar-refractivity contribution in [2.45, 2.75) is 42.7 Å². The third kappa shape index (κ3) is 3.60. The number of rotatable bonds is 6. The molecule has 0 saturated heterocycles. The number of nitrogens with one attached hydrogen (secondary N) is 1. The normalized spacial score (nSPS) is 17.6. The molecule has 9 heteroatoms. The number of hydrogen-bond donors (Lipinski definition) is 1. The summed E-state index contributed by atoms with van der Waals surface area (Å²) in [5, 5.41) is 10.6. The molecule has 0 spiro atoms. The predicted octanol–water partition coefficient (Wildman–Crippen LogP) is 1.71. The lowest BCUT2D eigenvalue weighted by Gasteiger charge is -2.35. The molecule has 2 rings (SSSR count). The van der Waals surface area contributed by atoms with Crippen LogP contribution in [0.4, 0.5) is 5.69 Å². The van der Waals surface area contributed by atoms with Crippen molar-refractivity contribution in [2.75, 3.05) is 0 Å². The van der Waals surface area contributed by atoms with E-state index < -0.39 is 20.7 Å². The minimum absolute atomic E-state index is 0.113. The van der Waals surface area contributed by atoms with E-state index in [9.17, 15) is 23.3 Å². The summed E-state index contributed by atoms with van der Waals surface area (Å²) in [6.07, 6.45) is 3.24. The molecule has 1 aliphatic carbocycles. The second-order valence-corrected chi connectivity index (χ2v) is 6.81. The van der Waals surface area contributed by atoms with Crippen LogP contribution in [0.5, 0.6) is 0 Å². The Kier molecular flexibility index (Phi) is 4.77. The van der Waals surface area contributed by atoms with E-state index in [-0.39, 0.29) is 17.1 Å². The maximum atomic E-state index is 12.4. The molecule has 1 aromatic carbocycles. The van der Waals surface area contributed by atoms with E-state index in [0.29, 0.717) is 12.8 Å². The summed E-state index contributed by atoms with van der Waals surface area (Å²) in [6.45, 7) is 0.240. The Bertz CT molecular complexity index is 650. The van der Waals surface area contributed by atoms with Crippen LogP contribution >= 0.6 is 0 Å². The van der Waals surface area contributed by atoms with Crippen LogP contribution in [0.3, 0.4) is 0 Å². The molecule has 0 heterocycles. The molecule has 1 aliphatic rings. The van der Waals surface area contributed by atoms with Crippen molar-refractivity contribution in [1.29, 1.82) is 0 Å². The predicted molar refractivity (Wildman–Crippen MR) is 76.4 cm³/mol. The summed E-state index contributed by atoms with van der Waals surface area (Å²) < 4.78 is 32.2. The Balaban J connectivity index is 2.24. The van der Waals surface area contributed by atoms with Crippen molar-refractivity contribution in [3.63, 3.8) is 0 Å². The fourth-order valence-electron chi connectivity index (χ4n) is 2.51. The Labute approximate surface area is 127 Å². The first-order valence-electron chi connectivity index (χ1n) is 6.78. The number of non-ortho nitro benzene ring substituents is 1. The molecule has 0 aliphatic heterocycles. The molecular weight excluding hydrogens is 312 g/mol. The van der Waals surface area contributed by atoms with Gasteiger partial charge in [-0.1, -0.05) is 6.42 Å². The average molecular weight is 328 g/mol. The van der Waals surface area contributed by atoms with Gasteiger partial charge in [0.05, 0.1) is 9.82 Å². The van der Waals surface area contributed by atoms with Crippen LogP contribution in [0.25, 0.3) is 0 Å². The molecule has 0 atom stereocenters. The minimum Gasteiger partial charge on any atom is -0.445 e. The van der Waals surface area contributed by atoms with E-state index in [1.54, 1.807) is 0 Å². The number of hydrogen-bond acceptors (Lipinski definition) is 6. The Morgan fingerprint density at radius 3 is 2.27 bits per heavy atom. The summed E-state index contributed by atoms with van der Waals surface area (Å²) in [6, 6.07) is 4.53. The smallest absolute Gasteiger partial charge is 0.294 e. The van der Waals surface area contributed by atoms with Gasteiger partial charge in [0.1, 0.15) is 0 Å². The number of sulfonamides is 1. The van der Waals surface area contributed by atoms with E-state index in [0.717, 1.165) is 43.5 Å². The molecule has 0 amide bonds. The van der Waals surface area contributed by atoms with Crippen LogP contribution in [-0.4, -0.2) is 25.5 Å². The van der Waals surface area contributed by atoms with Gasteiger partial charge in [-0.25, -0.2) is 8.42 Å². The van der Waals surface area contributed by atoms with Gasteiger partial charge in [-0.3, -0.25) is 14.9 Å². The van der Waals surface area contributed by atoms with E-state index in [4.69, 9.17) is 4.74 Å². The third-order valence-corrected chi connectivity index (χ3v) is 5.15. The van der Waals surface area contributed by atoms with Crippen LogP contribution in [-0.2, 0) is 19.6 Å². The van der Waals surface area contributed by atoms with Crippen molar-refractivity contribution >= 4 is 22.2 Å². The summed E-state index contributed by atoms with van der Waals surface area (Å²) in [4.78, 5) is 20.6. The first-order chi connectivity index (χ1) is 10.4. The van der Waals surface area contributed by atoms with Crippen molar-refractivity contribution in [1.82, 2.24) is 4.72 Å². The molecule has 0 aromatic heterocycles. The fraction of sp³-hybridized carbons (Fsp3) is 0.462. The molecule has 120 valence electrons. The number of nitro groups is 1. The highest BCUT2D eigenvalue weighted by Gasteiger charge is 2.38. The SMILES string of the molecule is O=COC1(NS(=O)(=O)c2ccc([N+](=O)[O-])cc2)CCCCC1. The van der Waals surface area contributed by atoms with Crippen LogP contribution in [0, 0.1) is 10.1 Å². The van der Waals surface area contributed by atoms with Gasteiger partial charge in [0.2, 0.25) is 10.0 Å². The number of benzene rings is 1. The molecule has 8 nitrogen and oxygen atoms in total. The van der Waals surface area contributed by atoms with Gasteiger partial charge in [-0.05, 0) is 25.0 Å². The maximum absolute atomic E-state index is 12.4. The Morgan fingerprint density at radius 1 is 1.18 bits per heavy atom. The van der Waals surface area contributed by atoms with Gasteiger partial charge < -0.3 is 4.74 Å². The van der Waals surface area contributed by atoms with Gasteiger partial charge in [-0.2, -0.15) is 4.72 Å². The summed E-state index contributed by atoms with van der Waals surface area (Å²) in [7, 11) is -3.94. The van der Waals surface area contributed by atoms with Crippen molar-refractivity contribution < 1.29 is 22.9 Å². The number of carbonyl (C=O) groups excluding carboxylic acids is 1. The molecule has 1 saturated carbocycles. The van der Waals surface area contributed by atoms with E-state index in [2.05, 4.69) is 4.72 Å². The second-order valence-electron chi connectivity index (χ2n) is 5.13. The van der Waals surface area contributed by atoms with Gasteiger partial charge in [0.25, 0.3) is 12.2 Å². The maximum Gasteiger partial charge on any atom is 0.294 e. The zero-order chi connectivity index (χ0) is 16.2. The molecule has 1 fully saturated rings. The van der Waals surface area contributed by atoms with Crippen molar-refractivity contribution in [3.05, 3.63) is 34.4 Å². The minimum atomic E-state index is -3.94. The van der Waals surface area contributed by atoms with Gasteiger partial charge >= 0.3 is 0 Å². The molecule has 22 heavy (non-hydrogen) atoms. The van der Waals surface area contributed by atoms with Crippen LogP contribution in [0.15, 0.2) is 29.2 Å². The number of nitro benzene ring substituents is 1. The van der Waals surface area contributed by atoms with Gasteiger partial charge in [-0.15, -0.1) is 0 Å². The highest BCUT2D eigenvalue weighted by atomic mass is 32.2. The monoisotopic (exact) mass is 328 g/mol. The number of nitrogens with zero attached hydrogens (tertiary/aromatic N) is 1. The van der Waals surface area contributed by atoms with E-state index in [1.807, 2.05) is 0 Å². The summed E-state index contributed by atoms with van der Waals surface area (Å²) in [5.74, 6) is 0. The van der Waals surface area contributed by atoms with E-state index in [1.165, 1.54) is 0 Å². The van der Waals surface area contributed by atoms with Gasteiger partial charge in [0, 0.05) is 25.0 Å². The lowest BCUT2D eigenvalue weighted by Crippen LogP contribution is -2.51. The summed E-state index contributed by atoms with van der Waals surface area (Å²) in [5.41, 5.74) is -1.43. The lowest BCUT2D eigenvalue weighted by molar-refractivity contribution is -0.384. The lowest BCUT2D eigenvalue weighted by atomic mass is 9.92. The van der Waals surface area contributed by atoms with Crippen molar-refractivity contribution in [3.8, 4) is 0 Å². The van der Waals surface area contributed by atoms with Gasteiger partial charge in [0.15, 0.2) is 5.72 Å². The molecule has 0 radical (unpaired) electrons. The van der Waals surface area contributed by atoms with Crippen LogP contribution in [0.1, 0.15) is 32.1 Å². The first kappa shape index (κ1) is 16.4. The topological polar surface area (TPSA) is 116 Å². The zero-order valence-corrected chi connectivity index (χ0v) is 12.5. The number of ether oxygens (including phenoxy) is 1. The molecule has 0 bridgehead atoms. The van der Waals surface area contributed by atoms with Crippen LogP contribution in [0.2, 0.25) is 0 Å². The quantitative estimate of drug-likeness (QED) is 0.368. The Morgan fingerprint density at radius 2 is 1.77 bits per heavy atom. The standard InChI is InChI=1S/C13H16N2O6S/c16-10-21-13(8-2-1-3-9-13)14-22(19,20)12-6-4-11(5-7-12)15(17)18/h4-7,10,14H,1-3,8-9H2. The highest BCUT2D eigenvalue weighted by molar-refractivity contribution is 7.89.